The van der Waals surface area contributed by atoms with Crippen LogP contribution in [0.2, 0.25) is 0 Å². The van der Waals surface area contributed by atoms with Gasteiger partial charge >= 0.3 is 0 Å². The molecule has 168 valence electrons. The summed E-state index contributed by atoms with van der Waals surface area (Å²) in [7, 11) is 1.59. The van der Waals surface area contributed by atoms with Crippen molar-refractivity contribution in [1.82, 2.24) is 15.0 Å². The van der Waals surface area contributed by atoms with Crippen LogP contribution in [0.3, 0.4) is 0 Å². The van der Waals surface area contributed by atoms with Gasteiger partial charge in [0.2, 0.25) is 5.88 Å². The van der Waals surface area contributed by atoms with Gasteiger partial charge in [-0.25, -0.2) is 15.0 Å². The van der Waals surface area contributed by atoms with Gasteiger partial charge in [-0.15, -0.1) is 0 Å². The molecule has 0 amide bonds. The van der Waals surface area contributed by atoms with Crippen molar-refractivity contribution in [3.63, 3.8) is 0 Å². The van der Waals surface area contributed by atoms with Gasteiger partial charge in [0.05, 0.1) is 23.6 Å². The summed E-state index contributed by atoms with van der Waals surface area (Å²) in [5.74, 6) is 1.88. The van der Waals surface area contributed by atoms with Crippen LogP contribution >= 0.6 is 0 Å². The molecule has 0 fully saturated rings. The fraction of sp³-hybridized carbons (Fsp3) is 0.240. The molecule has 2 heterocycles. The molecule has 2 aromatic heterocycles. The lowest BCUT2D eigenvalue weighted by atomic mass is 9.99. The summed E-state index contributed by atoms with van der Waals surface area (Å²) in [5, 5.41) is 15.6. The lowest BCUT2D eigenvalue weighted by Crippen LogP contribution is -2.10. The normalized spacial score (nSPS) is 11.9. The van der Waals surface area contributed by atoms with Crippen molar-refractivity contribution in [2.75, 3.05) is 12.4 Å². The molecule has 0 aliphatic carbocycles. The van der Waals surface area contributed by atoms with Crippen LogP contribution in [-0.4, -0.2) is 27.0 Å². The molecule has 0 saturated heterocycles. The first kappa shape index (κ1) is 22.1. The number of benzene rings is 2. The van der Waals surface area contributed by atoms with Crippen LogP contribution in [0.5, 0.6) is 5.88 Å². The lowest BCUT2D eigenvalue weighted by molar-refractivity contribution is -0.385. The number of anilines is 1. The largest absolute Gasteiger partial charge is 0.481 e. The molecular weight excluding hydrogens is 418 g/mol. The Labute approximate surface area is 191 Å². The van der Waals surface area contributed by atoms with Crippen LogP contribution in [0.1, 0.15) is 35.5 Å². The minimum absolute atomic E-state index is 0.0762. The van der Waals surface area contributed by atoms with Crippen molar-refractivity contribution < 1.29 is 9.66 Å². The van der Waals surface area contributed by atoms with Crippen molar-refractivity contribution in [2.24, 2.45) is 0 Å². The maximum Gasteiger partial charge on any atom is 0.270 e. The van der Waals surface area contributed by atoms with Crippen LogP contribution in [0.4, 0.5) is 11.5 Å². The molecular formula is C25H25N5O3. The zero-order valence-corrected chi connectivity index (χ0v) is 19.2. The summed E-state index contributed by atoms with van der Waals surface area (Å²) < 4.78 is 5.17. The standard InChI is InChI=1S/C25H25N5O3/c1-14-8-19(11-20(9-14)30(31)32)16(3)27-25-22-12-21(18-6-7-24(33-5)26-13-18)15(2)10-23(22)28-17(4)29-25/h6-13,16H,1-5H3,(H,27,28,29)/t16-/m1/s1. The van der Waals surface area contributed by atoms with Crippen LogP contribution in [0.15, 0.2) is 48.7 Å². The van der Waals surface area contributed by atoms with Gasteiger partial charge in [0.25, 0.3) is 5.69 Å². The highest BCUT2D eigenvalue weighted by Gasteiger charge is 2.16. The van der Waals surface area contributed by atoms with Gasteiger partial charge in [0.1, 0.15) is 11.6 Å². The molecule has 0 radical (unpaired) electrons. The Morgan fingerprint density at radius 2 is 1.85 bits per heavy atom. The van der Waals surface area contributed by atoms with Crippen molar-refractivity contribution in [1.29, 1.82) is 0 Å². The number of ether oxygens (including phenoxy) is 1. The molecule has 8 nitrogen and oxygen atoms in total. The molecule has 4 rings (SSSR count). The zero-order valence-electron chi connectivity index (χ0n) is 19.2. The summed E-state index contributed by atoms with van der Waals surface area (Å²) in [6.45, 7) is 7.71. The number of nitrogens with one attached hydrogen (secondary N) is 1. The van der Waals surface area contributed by atoms with Crippen molar-refractivity contribution in [2.45, 2.75) is 33.7 Å². The Kier molecular flexibility index (Phi) is 5.91. The zero-order chi connectivity index (χ0) is 23.7. The third-order valence-corrected chi connectivity index (χ3v) is 5.56. The molecule has 0 spiro atoms. The number of nitro benzene ring substituents is 1. The van der Waals surface area contributed by atoms with E-state index in [9.17, 15) is 10.1 Å². The van der Waals surface area contributed by atoms with Crippen molar-refractivity contribution in [3.8, 4) is 17.0 Å². The minimum Gasteiger partial charge on any atom is -0.481 e. The second kappa shape index (κ2) is 8.82. The minimum atomic E-state index is -0.370. The van der Waals surface area contributed by atoms with Gasteiger partial charge in [-0.05, 0) is 68.1 Å². The molecule has 1 N–H and O–H groups in total. The molecule has 2 aromatic carbocycles. The summed E-state index contributed by atoms with van der Waals surface area (Å²) in [5.41, 5.74) is 5.61. The molecule has 0 aliphatic rings. The maximum absolute atomic E-state index is 11.3. The summed E-state index contributed by atoms with van der Waals surface area (Å²) in [6.07, 6.45) is 1.78. The molecule has 4 aromatic rings. The van der Waals surface area contributed by atoms with E-state index in [2.05, 4.69) is 26.3 Å². The third kappa shape index (κ3) is 4.59. The highest BCUT2D eigenvalue weighted by atomic mass is 16.6. The average molecular weight is 444 g/mol. The molecule has 33 heavy (non-hydrogen) atoms. The van der Waals surface area contributed by atoms with Crippen LogP contribution < -0.4 is 10.1 Å². The quantitative estimate of drug-likeness (QED) is 0.301. The first-order valence-electron chi connectivity index (χ1n) is 10.6. The van der Waals surface area contributed by atoms with E-state index in [0.717, 1.165) is 38.7 Å². The smallest absolute Gasteiger partial charge is 0.270 e. The Morgan fingerprint density at radius 1 is 1.06 bits per heavy atom. The fourth-order valence-corrected chi connectivity index (χ4v) is 3.91. The molecule has 0 unspecified atom stereocenters. The third-order valence-electron chi connectivity index (χ3n) is 5.56. The van der Waals surface area contributed by atoms with E-state index in [1.54, 1.807) is 25.4 Å². The van der Waals surface area contributed by atoms with Crippen molar-refractivity contribution >= 4 is 22.4 Å². The Balaban J connectivity index is 1.78. The van der Waals surface area contributed by atoms with E-state index in [-0.39, 0.29) is 16.7 Å². The lowest BCUT2D eigenvalue weighted by Gasteiger charge is -2.18. The average Bonchev–Trinajstić information content (AvgIpc) is 2.78. The number of aryl methyl sites for hydroxylation is 3. The molecule has 0 bridgehead atoms. The Morgan fingerprint density at radius 3 is 2.52 bits per heavy atom. The number of hydrogen-bond acceptors (Lipinski definition) is 7. The van der Waals surface area contributed by atoms with Gasteiger partial charge in [0, 0.05) is 35.3 Å². The maximum atomic E-state index is 11.3. The Bertz CT molecular complexity index is 1350. The predicted molar refractivity (Wildman–Crippen MR) is 129 cm³/mol. The number of fused-ring (bicyclic) bond motifs is 1. The highest BCUT2D eigenvalue weighted by Crippen LogP contribution is 2.33. The first-order chi connectivity index (χ1) is 15.7. The fourth-order valence-electron chi connectivity index (χ4n) is 3.91. The summed E-state index contributed by atoms with van der Waals surface area (Å²) in [4.78, 5) is 24.5. The monoisotopic (exact) mass is 443 g/mol. The van der Waals surface area contributed by atoms with E-state index in [1.165, 1.54) is 0 Å². The second-order valence-electron chi connectivity index (χ2n) is 8.12. The van der Waals surface area contributed by atoms with Gasteiger partial charge in [0.15, 0.2) is 0 Å². The Hall–Kier alpha value is -4.07. The number of pyridine rings is 1. The number of aromatic nitrogens is 3. The van der Waals surface area contributed by atoms with Gasteiger partial charge < -0.3 is 10.1 Å². The topological polar surface area (TPSA) is 103 Å². The van der Waals surface area contributed by atoms with Crippen molar-refractivity contribution in [3.05, 3.63) is 81.3 Å². The van der Waals surface area contributed by atoms with Gasteiger partial charge in [-0.3, -0.25) is 10.1 Å². The number of non-ortho nitro benzene ring substituents is 1. The summed E-state index contributed by atoms with van der Waals surface area (Å²) in [6, 6.07) is 12.8. The van der Waals surface area contributed by atoms with E-state index < -0.39 is 0 Å². The van der Waals surface area contributed by atoms with E-state index in [0.29, 0.717) is 17.5 Å². The van der Waals surface area contributed by atoms with E-state index >= 15 is 0 Å². The highest BCUT2D eigenvalue weighted by molar-refractivity contribution is 5.94. The number of nitro groups is 1. The number of hydrogen-bond donors (Lipinski definition) is 1. The van der Waals surface area contributed by atoms with Gasteiger partial charge in [-0.2, -0.15) is 0 Å². The van der Waals surface area contributed by atoms with E-state index in [4.69, 9.17) is 4.74 Å². The molecule has 0 saturated carbocycles. The van der Waals surface area contributed by atoms with Gasteiger partial charge in [-0.1, -0.05) is 6.07 Å². The van der Waals surface area contributed by atoms with Crippen LogP contribution in [0, 0.1) is 30.9 Å². The van der Waals surface area contributed by atoms with E-state index in [1.807, 2.05) is 52.0 Å². The number of methoxy groups -OCH3 is 1. The predicted octanol–water partition coefficient (Wildman–Crippen LogP) is 5.71. The second-order valence-corrected chi connectivity index (χ2v) is 8.12. The SMILES string of the molecule is COc1ccc(-c2cc3c(N[C@H](C)c4cc(C)cc([N+](=O)[O-])c4)nc(C)nc3cc2C)cn1. The number of nitrogens with zero attached hydrogens (tertiary/aromatic N) is 4. The summed E-state index contributed by atoms with van der Waals surface area (Å²) >= 11 is 0. The van der Waals surface area contributed by atoms with Crippen LogP contribution in [0.25, 0.3) is 22.0 Å². The van der Waals surface area contributed by atoms with Crippen LogP contribution in [-0.2, 0) is 0 Å². The first-order valence-corrected chi connectivity index (χ1v) is 10.6. The molecule has 1 atom stereocenters. The molecule has 0 aliphatic heterocycles. The number of rotatable bonds is 6. The molecule has 8 heteroatoms.